The molecule has 1 N–H and O–H groups in total. The molecule has 1 fully saturated rings. The van der Waals surface area contributed by atoms with Crippen LogP contribution in [0.2, 0.25) is 0 Å². The van der Waals surface area contributed by atoms with Crippen molar-refractivity contribution in [3.8, 4) is 11.1 Å². The van der Waals surface area contributed by atoms with E-state index in [1.54, 1.807) is 18.5 Å². The molecule has 1 aliphatic rings. The summed E-state index contributed by atoms with van der Waals surface area (Å²) in [6.07, 6.45) is 7.39. The molecule has 0 bridgehead atoms. The van der Waals surface area contributed by atoms with Crippen LogP contribution < -0.4 is 5.32 Å². The number of pyridine rings is 1. The molecule has 1 amide bonds. The highest BCUT2D eigenvalue weighted by molar-refractivity contribution is 5.95. The van der Waals surface area contributed by atoms with Crippen LogP contribution in [-0.2, 0) is 0 Å². The Kier molecular flexibility index (Phi) is 4.16. The van der Waals surface area contributed by atoms with E-state index in [4.69, 9.17) is 0 Å². The second-order valence-electron chi connectivity index (χ2n) is 6.42. The number of amides is 1. The molecule has 3 nitrogen and oxygen atoms in total. The minimum atomic E-state index is -0.283. The number of carbonyl (C=O) groups excluding carboxylic acids is 1. The minimum Gasteiger partial charge on any atom is -0.347 e. The zero-order valence-electron chi connectivity index (χ0n) is 13.5. The van der Waals surface area contributed by atoms with Gasteiger partial charge in [-0.1, -0.05) is 13.0 Å². The fourth-order valence-corrected chi connectivity index (χ4v) is 3.11. The van der Waals surface area contributed by atoms with Crippen LogP contribution in [0, 0.1) is 12.7 Å². The Bertz CT molecular complexity index is 712. The van der Waals surface area contributed by atoms with Gasteiger partial charge < -0.3 is 5.32 Å². The van der Waals surface area contributed by atoms with Gasteiger partial charge in [0.2, 0.25) is 0 Å². The SMILES string of the molecule is CCC1(NC(=O)c2cncc(-c3cc(C)cc(F)c3)c2)CCC1. The quantitative estimate of drug-likeness (QED) is 0.916. The molecule has 0 radical (unpaired) electrons. The van der Waals surface area contributed by atoms with Crippen LogP contribution in [0.15, 0.2) is 36.7 Å². The van der Waals surface area contributed by atoms with Crippen molar-refractivity contribution >= 4 is 5.91 Å². The summed E-state index contributed by atoms with van der Waals surface area (Å²) in [7, 11) is 0. The molecule has 1 aromatic carbocycles. The molecule has 2 aromatic rings. The van der Waals surface area contributed by atoms with Gasteiger partial charge in [0.05, 0.1) is 5.56 Å². The number of carbonyl (C=O) groups is 1. The smallest absolute Gasteiger partial charge is 0.253 e. The standard InChI is InChI=1S/C19H21FN2O/c1-3-19(5-4-6-19)22-18(23)16-9-15(11-21-12-16)14-7-13(2)8-17(20)10-14/h7-12H,3-6H2,1-2H3,(H,22,23). The topological polar surface area (TPSA) is 42.0 Å². The van der Waals surface area contributed by atoms with Gasteiger partial charge in [0, 0.05) is 23.5 Å². The summed E-state index contributed by atoms with van der Waals surface area (Å²) in [4.78, 5) is 16.7. The van der Waals surface area contributed by atoms with E-state index in [-0.39, 0.29) is 17.3 Å². The number of benzene rings is 1. The molecule has 0 spiro atoms. The van der Waals surface area contributed by atoms with E-state index in [0.717, 1.165) is 42.4 Å². The number of rotatable bonds is 4. The Balaban J connectivity index is 1.86. The lowest BCUT2D eigenvalue weighted by Gasteiger charge is -2.42. The van der Waals surface area contributed by atoms with Crippen LogP contribution in [0.4, 0.5) is 4.39 Å². The van der Waals surface area contributed by atoms with Crippen LogP contribution in [0.1, 0.15) is 48.5 Å². The first-order valence-electron chi connectivity index (χ1n) is 8.06. The van der Waals surface area contributed by atoms with Gasteiger partial charge in [-0.3, -0.25) is 9.78 Å². The Labute approximate surface area is 135 Å². The third-order valence-electron chi connectivity index (χ3n) is 4.74. The summed E-state index contributed by atoms with van der Waals surface area (Å²) >= 11 is 0. The Morgan fingerprint density at radius 1 is 1.22 bits per heavy atom. The van der Waals surface area contributed by atoms with E-state index in [1.807, 2.05) is 13.0 Å². The fourth-order valence-electron chi connectivity index (χ4n) is 3.11. The van der Waals surface area contributed by atoms with E-state index in [9.17, 15) is 9.18 Å². The first kappa shape index (κ1) is 15.7. The van der Waals surface area contributed by atoms with Crippen molar-refractivity contribution in [2.24, 2.45) is 0 Å². The van der Waals surface area contributed by atoms with Crippen LogP contribution in [-0.4, -0.2) is 16.4 Å². The molecular weight excluding hydrogens is 291 g/mol. The van der Waals surface area contributed by atoms with Crippen LogP contribution in [0.5, 0.6) is 0 Å². The maximum Gasteiger partial charge on any atom is 0.253 e. The number of halogens is 1. The average Bonchev–Trinajstić information content (AvgIpc) is 2.50. The van der Waals surface area contributed by atoms with Gasteiger partial charge in [0.15, 0.2) is 0 Å². The van der Waals surface area contributed by atoms with Gasteiger partial charge in [0.1, 0.15) is 5.82 Å². The molecule has 0 aliphatic heterocycles. The first-order chi connectivity index (χ1) is 11.0. The summed E-state index contributed by atoms with van der Waals surface area (Å²) in [6.45, 7) is 3.95. The number of nitrogens with one attached hydrogen (secondary N) is 1. The minimum absolute atomic E-state index is 0.0530. The zero-order chi connectivity index (χ0) is 16.4. The van der Waals surface area contributed by atoms with E-state index < -0.39 is 0 Å². The van der Waals surface area contributed by atoms with Crippen LogP contribution >= 0.6 is 0 Å². The summed E-state index contributed by atoms with van der Waals surface area (Å²) < 4.78 is 13.6. The number of aryl methyl sites for hydroxylation is 1. The summed E-state index contributed by atoms with van der Waals surface area (Å²) in [5, 5.41) is 3.14. The maximum absolute atomic E-state index is 13.6. The van der Waals surface area contributed by atoms with Crippen molar-refractivity contribution in [1.29, 1.82) is 0 Å². The Hall–Kier alpha value is -2.23. The molecular formula is C19H21FN2O. The summed E-state index contributed by atoms with van der Waals surface area (Å²) in [5.41, 5.74) is 2.79. The number of nitrogens with zero attached hydrogens (tertiary/aromatic N) is 1. The molecule has 0 saturated heterocycles. The van der Waals surface area contributed by atoms with Crippen molar-refractivity contribution in [2.45, 2.75) is 45.1 Å². The summed E-state index contributed by atoms with van der Waals surface area (Å²) in [5.74, 6) is -0.386. The maximum atomic E-state index is 13.6. The molecule has 1 aromatic heterocycles. The normalized spacial score (nSPS) is 15.8. The second-order valence-corrected chi connectivity index (χ2v) is 6.42. The van der Waals surface area contributed by atoms with E-state index >= 15 is 0 Å². The van der Waals surface area contributed by atoms with Crippen molar-refractivity contribution in [2.75, 3.05) is 0 Å². The molecule has 0 atom stereocenters. The highest BCUT2D eigenvalue weighted by Gasteiger charge is 2.36. The largest absolute Gasteiger partial charge is 0.347 e. The van der Waals surface area contributed by atoms with Gasteiger partial charge >= 0.3 is 0 Å². The lowest BCUT2D eigenvalue weighted by molar-refractivity contribution is 0.0820. The number of hydrogen-bond donors (Lipinski definition) is 1. The van der Waals surface area contributed by atoms with Gasteiger partial charge in [-0.15, -0.1) is 0 Å². The average molecular weight is 312 g/mol. The molecule has 120 valence electrons. The van der Waals surface area contributed by atoms with Crippen molar-refractivity contribution in [1.82, 2.24) is 10.3 Å². The molecule has 3 rings (SSSR count). The summed E-state index contributed by atoms with van der Waals surface area (Å²) in [6, 6.07) is 6.61. The van der Waals surface area contributed by atoms with Crippen molar-refractivity contribution in [3.05, 3.63) is 53.6 Å². The Morgan fingerprint density at radius 3 is 2.61 bits per heavy atom. The van der Waals surface area contributed by atoms with E-state index in [2.05, 4.69) is 17.2 Å². The monoisotopic (exact) mass is 312 g/mol. The Morgan fingerprint density at radius 2 is 2.00 bits per heavy atom. The molecule has 1 aliphatic carbocycles. The fraction of sp³-hybridized carbons (Fsp3) is 0.368. The molecule has 1 heterocycles. The van der Waals surface area contributed by atoms with Gasteiger partial charge in [0.25, 0.3) is 5.91 Å². The van der Waals surface area contributed by atoms with Gasteiger partial charge in [-0.2, -0.15) is 0 Å². The van der Waals surface area contributed by atoms with Crippen LogP contribution in [0.3, 0.4) is 0 Å². The predicted octanol–water partition coefficient (Wildman–Crippen LogP) is 4.26. The third kappa shape index (κ3) is 3.26. The highest BCUT2D eigenvalue weighted by Crippen LogP contribution is 2.35. The third-order valence-corrected chi connectivity index (χ3v) is 4.74. The van der Waals surface area contributed by atoms with E-state index in [1.165, 1.54) is 12.1 Å². The number of hydrogen-bond acceptors (Lipinski definition) is 2. The highest BCUT2D eigenvalue weighted by atomic mass is 19.1. The van der Waals surface area contributed by atoms with Gasteiger partial charge in [-0.25, -0.2) is 4.39 Å². The number of aromatic nitrogens is 1. The molecule has 0 unspecified atom stereocenters. The van der Waals surface area contributed by atoms with Crippen molar-refractivity contribution in [3.63, 3.8) is 0 Å². The predicted molar refractivity (Wildman–Crippen MR) is 88.7 cm³/mol. The lowest BCUT2D eigenvalue weighted by atomic mass is 9.74. The molecule has 1 saturated carbocycles. The second kappa shape index (κ2) is 6.11. The molecule has 4 heteroatoms. The molecule has 23 heavy (non-hydrogen) atoms. The van der Waals surface area contributed by atoms with E-state index in [0.29, 0.717) is 5.56 Å². The first-order valence-corrected chi connectivity index (χ1v) is 8.06. The lowest BCUT2D eigenvalue weighted by Crippen LogP contribution is -2.52. The van der Waals surface area contributed by atoms with Crippen molar-refractivity contribution < 1.29 is 9.18 Å². The van der Waals surface area contributed by atoms with Crippen LogP contribution in [0.25, 0.3) is 11.1 Å². The van der Waals surface area contributed by atoms with Gasteiger partial charge in [-0.05, 0) is 61.9 Å². The zero-order valence-corrected chi connectivity index (χ0v) is 13.5.